The largest absolute Gasteiger partial charge is 0.497 e. The average molecular weight is 470 g/mol. The van der Waals surface area contributed by atoms with Crippen molar-refractivity contribution in [2.75, 3.05) is 7.11 Å². The summed E-state index contributed by atoms with van der Waals surface area (Å²) >= 11 is 12.1. The normalized spacial score (nSPS) is 11.6. The highest BCUT2D eigenvalue weighted by Crippen LogP contribution is 2.28. The molecule has 0 bridgehead atoms. The lowest BCUT2D eigenvalue weighted by Gasteiger charge is -2.05. The second-order valence-corrected chi connectivity index (χ2v) is 7.82. The topological polar surface area (TPSA) is 59.4 Å². The third-order valence-electron chi connectivity index (χ3n) is 4.92. The van der Waals surface area contributed by atoms with Gasteiger partial charge in [-0.3, -0.25) is 14.9 Å². The number of aromatic amines is 1. The number of aliphatic imine (C=N–C) groups is 1. The van der Waals surface area contributed by atoms with E-state index >= 15 is 0 Å². The smallest absolute Gasteiger partial charge is 0.280 e. The van der Waals surface area contributed by atoms with Crippen LogP contribution >= 0.6 is 23.2 Å². The molecule has 162 valence electrons. The minimum absolute atomic E-state index is 0.316. The van der Waals surface area contributed by atoms with Crippen LogP contribution in [0.4, 0.5) is 10.1 Å². The van der Waals surface area contributed by atoms with Gasteiger partial charge in [0.15, 0.2) is 0 Å². The lowest BCUT2D eigenvalue weighted by atomic mass is 10.0. The van der Waals surface area contributed by atoms with Crippen molar-refractivity contribution in [3.05, 3.63) is 98.5 Å². The Morgan fingerprint density at radius 1 is 1.00 bits per heavy atom. The Balaban J connectivity index is 1.90. The Kier molecular flexibility index (Phi) is 6.17. The van der Waals surface area contributed by atoms with Crippen molar-refractivity contribution in [1.82, 2.24) is 9.78 Å². The van der Waals surface area contributed by atoms with Crippen LogP contribution in [-0.2, 0) is 0 Å². The minimum atomic E-state index is -0.388. The van der Waals surface area contributed by atoms with Crippen molar-refractivity contribution in [2.45, 2.75) is 6.92 Å². The van der Waals surface area contributed by atoms with Crippen LogP contribution in [0.3, 0.4) is 0 Å². The number of nitrogens with zero attached hydrogens (tertiary/aromatic N) is 2. The van der Waals surface area contributed by atoms with Gasteiger partial charge in [-0.25, -0.2) is 9.07 Å². The van der Waals surface area contributed by atoms with E-state index in [4.69, 9.17) is 27.9 Å². The van der Waals surface area contributed by atoms with Crippen molar-refractivity contribution in [2.24, 2.45) is 4.99 Å². The molecule has 0 atom stereocenters. The molecule has 0 spiro atoms. The molecule has 4 aromatic rings. The van der Waals surface area contributed by atoms with Gasteiger partial charge >= 0.3 is 0 Å². The number of nitrogens with one attached hydrogen (secondary N) is 1. The zero-order valence-corrected chi connectivity index (χ0v) is 18.7. The monoisotopic (exact) mass is 469 g/mol. The first-order valence-electron chi connectivity index (χ1n) is 9.63. The Hall–Kier alpha value is -3.35. The highest BCUT2D eigenvalue weighted by atomic mass is 35.5. The molecule has 0 amide bonds. The first-order valence-corrected chi connectivity index (χ1v) is 10.4. The third-order valence-corrected chi connectivity index (χ3v) is 5.65. The minimum Gasteiger partial charge on any atom is -0.497 e. The van der Waals surface area contributed by atoms with Crippen LogP contribution in [0.25, 0.3) is 16.9 Å². The summed E-state index contributed by atoms with van der Waals surface area (Å²) in [5, 5.41) is 3.93. The summed E-state index contributed by atoms with van der Waals surface area (Å²) in [5.74, 6) is 0.304. The van der Waals surface area contributed by atoms with Gasteiger partial charge in [0.1, 0.15) is 11.6 Å². The van der Waals surface area contributed by atoms with E-state index in [2.05, 4.69) is 10.1 Å². The maximum absolute atomic E-state index is 13.4. The standard InChI is InChI=1S/C24H18Cl2FN3O2/c1-14(28-17-7-12-20(25)21(26)13-17)22-23(15-3-10-19(32-2)11-4-15)29-30(24(22)31)18-8-5-16(27)6-9-18/h3-13,29H,1-2H3. The van der Waals surface area contributed by atoms with Crippen LogP contribution in [0.15, 0.2) is 76.5 Å². The van der Waals surface area contributed by atoms with Gasteiger partial charge in [0.05, 0.1) is 45.5 Å². The van der Waals surface area contributed by atoms with Crippen molar-refractivity contribution in [3.8, 4) is 22.7 Å². The van der Waals surface area contributed by atoms with Gasteiger partial charge in [0.2, 0.25) is 0 Å². The summed E-state index contributed by atoms with van der Waals surface area (Å²) in [7, 11) is 1.58. The number of benzene rings is 3. The van der Waals surface area contributed by atoms with E-state index in [1.807, 2.05) is 12.1 Å². The van der Waals surface area contributed by atoms with Crippen molar-refractivity contribution >= 4 is 34.6 Å². The maximum Gasteiger partial charge on any atom is 0.280 e. The predicted molar refractivity (Wildman–Crippen MR) is 127 cm³/mol. The number of H-pyrrole nitrogens is 1. The molecule has 5 nitrogen and oxygen atoms in total. The molecule has 0 aliphatic rings. The summed E-state index contributed by atoms with van der Waals surface area (Å²) in [5.41, 5.74) is 2.95. The summed E-state index contributed by atoms with van der Waals surface area (Å²) in [6.45, 7) is 1.75. The zero-order valence-electron chi connectivity index (χ0n) is 17.2. The number of ether oxygens (including phenoxy) is 1. The van der Waals surface area contributed by atoms with Crippen LogP contribution in [0.2, 0.25) is 10.0 Å². The Bertz CT molecular complexity index is 1360. The van der Waals surface area contributed by atoms with E-state index in [9.17, 15) is 9.18 Å². The van der Waals surface area contributed by atoms with Crippen LogP contribution in [0, 0.1) is 5.82 Å². The van der Waals surface area contributed by atoms with Gasteiger partial charge in [-0.1, -0.05) is 23.2 Å². The van der Waals surface area contributed by atoms with E-state index < -0.39 is 0 Å². The van der Waals surface area contributed by atoms with E-state index in [1.165, 1.54) is 28.9 Å². The summed E-state index contributed by atoms with van der Waals surface area (Å²) < 4.78 is 20.0. The molecular weight excluding hydrogens is 452 g/mol. The molecule has 4 rings (SSSR count). The lowest BCUT2D eigenvalue weighted by molar-refractivity contribution is 0.415. The second kappa shape index (κ2) is 9.02. The van der Waals surface area contributed by atoms with E-state index in [0.29, 0.717) is 44.1 Å². The number of halogens is 3. The number of aromatic nitrogens is 2. The van der Waals surface area contributed by atoms with Crippen molar-refractivity contribution in [1.29, 1.82) is 0 Å². The highest BCUT2D eigenvalue weighted by molar-refractivity contribution is 6.42. The molecule has 0 aliphatic heterocycles. The molecule has 0 fully saturated rings. The Morgan fingerprint density at radius 2 is 1.69 bits per heavy atom. The van der Waals surface area contributed by atoms with Crippen LogP contribution in [-0.4, -0.2) is 22.6 Å². The SMILES string of the molecule is COc1ccc(-c2[nH]n(-c3ccc(F)cc3)c(=O)c2C(C)=Nc2ccc(Cl)c(Cl)c2)cc1. The molecule has 0 saturated heterocycles. The van der Waals surface area contributed by atoms with Crippen LogP contribution < -0.4 is 10.3 Å². The summed E-state index contributed by atoms with van der Waals surface area (Å²) in [6, 6.07) is 17.9. The molecule has 1 N–H and O–H groups in total. The molecular formula is C24H18Cl2FN3O2. The molecule has 1 aromatic heterocycles. The van der Waals surface area contributed by atoms with E-state index in [0.717, 1.165) is 5.56 Å². The van der Waals surface area contributed by atoms with Crippen LogP contribution in [0.1, 0.15) is 12.5 Å². The van der Waals surface area contributed by atoms with Crippen molar-refractivity contribution < 1.29 is 9.13 Å². The summed E-state index contributed by atoms with van der Waals surface area (Å²) in [6.07, 6.45) is 0. The molecule has 32 heavy (non-hydrogen) atoms. The number of rotatable bonds is 5. The molecule has 3 aromatic carbocycles. The molecule has 0 unspecified atom stereocenters. The first-order chi connectivity index (χ1) is 15.4. The molecule has 0 aliphatic carbocycles. The molecule has 0 saturated carbocycles. The van der Waals surface area contributed by atoms with Gasteiger partial charge in [0, 0.05) is 5.56 Å². The molecule has 1 heterocycles. The fourth-order valence-corrected chi connectivity index (χ4v) is 3.61. The second-order valence-electron chi connectivity index (χ2n) is 7.00. The Morgan fingerprint density at radius 3 is 2.31 bits per heavy atom. The summed E-state index contributed by atoms with van der Waals surface area (Å²) in [4.78, 5) is 18.0. The van der Waals surface area contributed by atoms with Gasteiger partial charge in [-0.15, -0.1) is 0 Å². The highest BCUT2D eigenvalue weighted by Gasteiger charge is 2.19. The Labute approximate surface area is 193 Å². The quantitative estimate of drug-likeness (QED) is 0.342. The van der Waals surface area contributed by atoms with E-state index in [-0.39, 0.29) is 11.4 Å². The first kappa shape index (κ1) is 21.9. The number of hydrogen-bond acceptors (Lipinski definition) is 3. The fraction of sp³-hybridized carbons (Fsp3) is 0.0833. The number of methoxy groups -OCH3 is 1. The fourth-order valence-electron chi connectivity index (χ4n) is 3.32. The lowest BCUT2D eigenvalue weighted by Crippen LogP contribution is -2.19. The van der Waals surface area contributed by atoms with Gasteiger partial charge in [-0.2, -0.15) is 0 Å². The van der Waals surface area contributed by atoms with Crippen LogP contribution in [0.5, 0.6) is 5.75 Å². The predicted octanol–water partition coefficient (Wildman–Crippen LogP) is 6.43. The molecule has 0 radical (unpaired) electrons. The van der Waals surface area contributed by atoms with Gasteiger partial charge in [0.25, 0.3) is 5.56 Å². The van der Waals surface area contributed by atoms with Crippen molar-refractivity contribution in [3.63, 3.8) is 0 Å². The van der Waals surface area contributed by atoms with Gasteiger partial charge < -0.3 is 4.74 Å². The zero-order chi connectivity index (χ0) is 22.8. The average Bonchev–Trinajstić information content (AvgIpc) is 3.14. The third kappa shape index (κ3) is 4.33. The maximum atomic E-state index is 13.4. The molecule has 8 heteroatoms. The van der Waals surface area contributed by atoms with Gasteiger partial charge in [-0.05, 0) is 73.7 Å². The van der Waals surface area contributed by atoms with E-state index in [1.54, 1.807) is 44.4 Å². The number of hydrogen-bond donors (Lipinski definition) is 1.